The number of rotatable bonds is 7. The van der Waals surface area contributed by atoms with Crippen LogP contribution in [0.4, 0.5) is 4.39 Å². The molecule has 0 unspecified atom stereocenters. The van der Waals surface area contributed by atoms with Crippen molar-refractivity contribution in [1.29, 1.82) is 0 Å². The van der Waals surface area contributed by atoms with Gasteiger partial charge in [0.15, 0.2) is 0 Å². The first-order chi connectivity index (χ1) is 16.9. The smallest absolute Gasteiger partial charge is 0.326 e. The van der Waals surface area contributed by atoms with Gasteiger partial charge in [0.05, 0.1) is 28.9 Å². The number of ether oxygens (including phenoxy) is 1. The summed E-state index contributed by atoms with van der Waals surface area (Å²) in [4.78, 5) is 26.7. The molecule has 4 heterocycles. The van der Waals surface area contributed by atoms with Gasteiger partial charge in [0, 0.05) is 30.6 Å². The van der Waals surface area contributed by atoms with Crippen molar-refractivity contribution in [3.8, 4) is 17.0 Å². The highest BCUT2D eigenvalue weighted by Gasteiger charge is 2.18. The SMILES string of the molecule is CC(C)c1nc2ccc(-c3ccc(OCCCN4CCCCC4)nc3F)cc2c2[nH]c(=O)n(C)c12. The molecule has 0 radical (unpaired) electrons. The van der Waals surface area contributed by atoms with Crippen LogP contribution in [0.3, 0.4) is 0 Å². The molecule has 1 aliphatic rings. The number of aromatic amines is 1. The van der Waals surface area contributed by atoms with Crippen LogP contribution >= 0.6 is 0 Å². The molecule has 0 spiro atoms. The quantitative estimate of drug-likeness (QED) is 0.300. The van der Waals surface area contributed by atoms with E-state index in [2.05, 4.69) is 28.7 Å². The van der Waals surface area contributed by atoms with Gasteiger partial charge in [-0.3, -0.25) is 9.55 Å². The number of pyridine rings is 2. The molecule has 1 saturated heterocycles. The van der Waals surface area contributed by atoms with E-state index in [1.165, 1.54) is 19.3 Å². The van der Waals surface area contributed by atoms with Gasteiger partial charge in [-0.1, -0.05) is 26.3 Å². The third-order valence-electron chi connectivity index (χ3n) is 6.86. The predicted octanol–water partition coefficient (Wildman–Crippen LogP) is 4.99. The number of halogens is 1. The van der Waals surface area contributed by atoms with E-state index < -0.39 is 5.95 Å². The summed E-state index contributed by atoms with van der Waals surface area (Å²) in [6.07, 6.45) is 4.76. The monoisotopic (exact) mass is 477 g/mol. The van der Waals surface area contributed by atoms with E-state index in [0.29, 0.717) is 23.6 Å². The summed E-state index contributed by atoms with van der Waals surface area (Å²) in [5.41, 5.74) is 3.97. The largest absolute Gasteiger partial charge is 0.478 e. The molecule has 184 valence electrons. The van der Waals surface area contributed by atoms with E-state index in [0.717, 1.165) is 53.7 Å². The lowest BCUT2D eigenvalue weighted by Crippen LogP contribution is -2.31. The zero-order valence-electron chi connectivity index (χ0n) is 20.6. The fourth-order valence-corrected chi connectivity index (χ4v) is 4.96. The lowest BCUT2D eigenvalue weighted by atomic mass is 10.0. The minimum absolute atomic E-state index is 0.150. The van der Waals surface area contributed by atoms with Crippen molar-refractivity contribution in [2.24, 2.45) is 7.05 Å². The topological polar surface area (TPSA) is 76.0 Å². The van der Waals surface area contributed by atoms with Crippen molar-refractivity contribution in [3.05, 3.63) is 52.5 Å². The Morgan fingerprint density at radius 2 is 1.91 bits per heavy atom. The highest BCUT2D eigenvalue weighted by molar-refractivity contribution is 6.04. The van der Waals surface area contributed by atoms with Crippen LogP contribution in [-0.2, 0) is 7.05 Å². The van der Waals surface area contributed by atoms with Gasteiger partial charge in [-0.15, -0.1) is 0 Å². The molecule has 1 fully saturated rings. The van der Waals surface area contributed by atoms with Crippen molar-refractivity contribution in [3.63, 3.8) is 0 Å². The van der Waals surface area contributed by atoms with Gasteiger partial charge in [0.2, 0.25) is 11.8 Å². The van der Waals surface area contributed by atoms with Gasteiger partial charge in [-0.2, -0.15) is 9.37 Å². The number of hydrogen-bond donors (Lipinski definition) is 1. The molecule has 7 nitrogen and oxygen atoms in total. The number of H-pyrrole nitrogens is 1. The number of aryl methyl sites for hydroxylation is 1. The van der Waals surface area contributed by atoms with E-state index in [-0.39, 0.29) is 11.6 Å². The average molecular weight is 478 g/mol. The number of fused-ring (bicyclic) bond motifs is 3. The van der Waals surface area contributed by atoms with E-state index in [1.807, 2.05) is 18.2 Å². The van der Waals surface area contributed by atoms with E-state index in [4.69, 9.17) is 9.72 Å². The van der Waals surface area contributed by atoms with Gasteiger partial charge in [-0.25, -0.2) is 4.79 Å². The zero-order chi connectivity index (χ0) is 24.5. The molecule has 0 aliphatic carbocycles. The standard InChI is InChI=1S/C27H32FN5O2/c1-17(2)23-25-24(31-27(34)32(25)3)20-16-18(8-10-21(20)29-23)19-9-11-22(30-26(19)28)35-15-7-14-33-12-5-4-6-13-33/h8-11,16-17H,4-7,12-15H2,1-3H3,(H,31,34). The Labute approximate surface area is 204 Å². The number of piperidine rings is 1. The molecule has 0 bridgehead atoms. The van der Waals surface area contributed by atoms with Crippen LogP contribution < -0.4 is 10.4 Å². The van der Waals surface area contributed by atoms with Crippen molar-refractivity contribution >= 4 is 21.9 Å². The van der Waals surface area contributed by atoms with Crippen LogP contribution in [0, 0.1) is 5.95 Å². The molecule has 4 aromatic rings. The van der Waals surface area contributed by atoms with Crippen molar-refractivity contribution in [2.75, 3.05) is 26.2 Å². The van der Waals surface area contributed by atoms with Gasteiger partial charge in [0.1, 0.15) is 0 Å². The van der Waals surface area contributed by atoms with Crippen molar-refractivity contribution in [2.45, 2.75) is 45.4 Å². The summed E-state index contributed by atoms with van der Waals surface area (Å²) >= 11 is 0. The summed E-state index contributed by atoms with van der Waals surface area (Å²) in [5.74, 6) is -0.136. The Morgan fingerprint density at radius 1 is 1.11 bits per heavy atom. The van der Waals surface area contributed by atoms with Crippen LogP contribution in [0.25, 0.3) is 33.1 Å². The molecule has 3 aromatic heterocycles. The summed E-state index contributed by atoms with van der Waals surface area (Å²) < 4.78 is 22.3. The third-order valence-corrected chi connectivity index (χ3v) is 6.86. The molecular weight excluding hydrogens is 445 g/mol. The van der Waals surface area contributed by atoms with Crippen LogP contribution in [0.15, 0.2) is 35.1 Å². The highest BCUT2D eigenvalue weighted by atomic mass is 19.1. The lowest BCUT2D eigenvalue weighted by Gasteiger charge is -2.26. The van der Waals surface area contributed by atoms with Gasteiger partial charge in [0.25, 0.3) is 0 Å². The first-order valence-corrected chi connectivity index (χ1v) is 12.5. The molecule has 5 rings (SSSR count). The Kier molecular flexibility index (Phi) is 6.56. The van der Waals surface area contributed by atoms with E-state index in [1.54, 1.807) is 23.7 Å². The first-order valence-electron chi connectivity index (χ1n) is 12.5. The van der Waals surface area contributed by atoms with Crippen LogP contribution in [0.5, 0.6) is 5.88 Å². The first kappa shape index (κ1) is 23.5. The fourth-order valence-electron chi connectivity index (χ4n) is 4.96. The molecule has 35 heavy (non-hydrogen) atoms. The summed E-state index contributed by atoms with van der Waals surface area (Å²) in [7, 11) is 1.74. The molecule has 8 heteroatoms. The Morgan fingerprint density at radius 3 is 2.66 bits per heavy atom. The molecule has 1 aliphatic heterocycles. The van der Waals surface area contributed by atoms with Gasteiger partial charge >= 0.3 is 5.69 Å². The summed E-state index contributed by atoms with van der Waals surface area (Å²) in [6.45, 7) is 7.94. The zero-order valence-corrected chi connectivity index (χ0v) is 20.6. The van der Waals surface area contributed by atoms with Gasteiger partial charge < -0.3 is 14.6 Å². The number of nitrogens with zero attached hydrogens (tertiary/aromatic N) is 4. The number of benzene rings is 1. The number of hydrogen-bond acceptors (Lipinski definition) is 5. The molecule has 0 saturated carbocycles. The number of aromatic nitrogens is 4. The number of likely N-dealkylation sites (tertiary alicyclic amines) is 1. The molecule has 0 amide bonds. The van der Waals surface area contributed by atoms with E-state index in [9.17, 15) is 4.79 Å². The second-order valence-electron chi connectivity index (χ2n) is 9.69. The molecule has 0 atom stereocenters. The maximum absolute atomic E-state index is 15.0. The van der Waals surface area contributed by atoms with Crippen molar-refractivity contribution < 1.29 is 9.13 Å². The number of imidazole rings is 1. The summed E-state index contributed by atoms with van der Waals surface area (Å²) in [5, 5.41) is 0.775. The van der Waals surface area contributed by atoms with E-state index >= 15 is 4.39 Å². The lowest BCUT2D eigenvalue weighted by molar-refractivity contribution is 0.202. The predicted molar refractivity (Wildman–Crippen MR) is 137 cm³/mol. The van der Waals surface area contributed by atoms with Crippen LogP contribution in [0.2, 0.25) is 0 Å². The average Bonchev–Trinajstić information content (AvgIpc) is 3.16. The maximum Gasteiger partial charge on any atom is 0.326 e. The molecular formula is C27H32FN5O2. The normalized spacial score (nSPS) is 14.9. The minimum atomic E-state index is -0.581. The maximum atomic E-state index is 15.0. The van der Waals surface area contributed by atoms with Crippen LogP contribution in [-0.4, -0.2) is 50.7 Å². The summed E-state index contributed by atoms with van der Waals surface area (Å²) in [6, 6.07) is 8.98. The Balaban J connectivity index is 1.39. The Hall–Kier alpha value is -3.26. The van der Waals surface area contributed by atoms with Gasteiger partial charge in [-0.05, 0) is 62.0 Å². The minimum Gasteiger partial charge on any atom is -0.478 e. The molecule has 1 aromatic carbocycles. The molecule has 1 N–H and O–H groups in total. The third kappa shape index (κ3) is 4.67. The second-order valence-corrected chi connectivity index (χ2v) is 9.69. The number of nitrogens with one attached hydrogen (secondary N) is 1. The fraction of sp³-hybridized carbons (Fsp3) is 0.444. The second kappa shape index (κ2) is 9.77. The Bertz CT molecular complexity index is 1420. The van der Waals surface area contributed by atoms with Crippen molar-refractivity contribution in [1.82, 2.24) is 24.4 Å². The highest BCUT2D eigenvalue weighted by Crippen LogP contribution is 2.32. The van der Waals surface area contributed by atoms with Crippen LogP contribution in [0.1, 0.15) is 51.1 Å².